The molecule has 41 heavy (non-hydrogen) atoms. The highest BCUT2D eigenvalue weighted by Gasteiger charge is 2.50. The van der Waals surface area contributed by atoms with Crippen molar-refractivity contribution in [2.75, 3.05) is 20.1 Å². The lowest BCUT2D eigenvalue weighted by Gasteiger charge is -2.42. The van der Waals surface area contributed by atoms with Gasteiger partial charge in [-0.2, -0.15) is 0 Å². The monoisotopic (exact) mass is 574 g/mol. The van der Waals surface area contributed by atoms with Crippen LogP contribution in [0.2, 0.25) is 0 Å². The number of ether oxygens (including phenoxy) is 2. The minimum Gasteiger partial charge on any atom is -0.487 e. The van der Waals surface area contributed by atoms with E-state index in [1.165, 1.54) is 18.0 Å². The minimum absolute atomic E-state index is 0.0284. The lowest BCUT2D eigenvalue weighted by Crippen LogP contribution is -2.62. The number of hydrogen-bond donors (Lipinski definition) is 3. The predicted octanol–water partition coefficient (Wildman–Crippen LogP) is 3.26. The lowest BCUT2D eigenvalue weighted by atomic mass is 9.84. The van der Waals surface area contributed by atoms with Gasteiger partial charge in [-0.3, -0.25) is 14.6 Å². The number of nitrogens with one attached hydrogen (secondary N) is 2. The zero-order chi connectivity index (χ0) is 29.9. The zero-order valence-corrected chi connectivity index (χ0v) is 24.1. The van der Waals surface area contributed by atoms with Gasteiger partial charge in [0.25, 0.3) is 0 Å². The molecule has 0 aromatic heterocycles. The van der Waals surface area contributed by atoms with Crippen LogP contribution in [0, 0.1) is 17.0 Å². The van der Waals surface area contributed by atoms with E-state index < -0.39 is 53.5 Å². The van der Waals surface area contributed by atoms with Gasteiger partial charge in [0.2, 0.25) is 5.91 Å². The normalized spacial score (nSPS) is 22.9. The highest BCUT2D eigenvalue weighted by molar-refractivity contribution is 5.85. The van der Waals surface area contributed by atoms with Crippen molar-refractivity contribution in [2.45, 2.75) is 77.2 Å². The average Bonchev–Trinajstić information content (AvgIpc) is 3.54. The largest absolute Gasteiger partial charge is 0.487 e. The van der Waals surface area contributed by atoms with Crippen LogP contribution in [0.15, 0.2) is 48.5 Å². The van der Waals surface area contributed by atoms with Gasteiger partial charge < -0.3 is 25.2 Å². The number of benzene rings is 2. The summed E-state index contributed by atoms with van der Waals surface area (Å²) in [5.41, 5.74) is 0.279. The van der Waals surface area contributed by atoms with E-state index in [-0.39, 0.29) is 24.4 Å². The second-order valence-corrected chi connectivity index (χ2v) is 11.9. The van der Waals surface area contributed by atoms with E-state index >= 15 is 0 Å². The summed E-state index contributed by atoms with van der Waals surface area (Å²) < 4.78 is 38.6. The molecule has 2 aliphatic rings. The summed E-state index contributed by atoms with van der Waals surface area (Å²) >= 11 is 0. The summed E-state index contributed by atoms with van der Waals surface area (Å²) in [6.07, 6.45) is -1.40. The molecule has 0 aliphatic carbocycles. The second-order valence-electron chi connectivity index (χ2n) is 11.9. The van der Waals surface area contributed by atoms with Crippen molar-refractivity contribution in [3.05, 3.63) is 65.7 Å². The molecule has 2 heterocycles. The van der Waals surface area contributed by atoms with Crippen LogP contribution in [-0.4, -0.2) is 83.5 Å². The quantitative estimate of drug-likeness (QED) is 0.423. The highest BCUT2D eigenvalue weighted by Crippen LogP contribution is 2.33. The van der Waals surface area contributed by atoms with Gasteiger partial charge in [-0.15, -0.1) is 0 Å². The van der Waals surface area contributed by atoms with E-state index in [0.717, 1.165) is 24.1 Å². The van der Waals surface area contributed by atoms with Gasteiger partial charge in [0, 0.05) is 32.2 Å². The second kappa shape index (κ2) is 12.7. The van der Waals surface area contributed by atoms with E-state index in [2.05, 4.69) is 10.6 Å². The van der Waals surface area contributed by atoms with Gasteiger partial charge in [0.15, 0.2) is 11.6 Å². The van der Waals surface area contributed by atoms with Crippen LogP contribution in [-0.2, 0) is 16.1 Å². The molecule has 3 N–H and O–H groups in total. The van der Waals surface area contributed by atoms with Crippen LogP contribution in [0.5, 0.6) is 5.75 Å². The standard InChI is InChI=1S/C30H40F2N4O5/c1-18(35(5)29(39)40-17-19-9-7-6-8-10-19)27(37)34-26(30(2,3)4)28(38)36-14-13-23-25(36)24(16-33-23)41-20-11-12-21(31)22(32)15-20/h6-12,15,18,23-26,28,33,38H,13-14,16-17H2,1-5H3,(H,34,37). The van der Waals surface area contributed by atoms with Crippen molar-refractivity contribution in [1.82, 2.24) is 20.4 Å². The van der Waals surface area contributed by atoms with Crippen LogP contribution in [0.1, 0.15) is 39.7 Å². The number of aliphatic hydroxyl groups excluding tert-OH is 1. The van der Waals surface area contributed by atoms with Gasteiger partial charge in [0.1, 0.15) is 30.7 Å². The molecule has 2 fully saturated rings. The third kappa shape index (κ3) is 7.14. The Morgan fingerprint density at radius 2 is 1.88 bits per heavy atom. The van der Waals surface area contributed by atoms with Crippen LogP contribution in [0.3, 0.4) is 0 Å². The summed E-state index contributed by atoms with van der Waals surface area (Å²) in [5.74, 6) is -2.18. The Hall–Kier alpha value is -3.28. The van der Waals surface area contributed by atoms with Crippen molar-refractivity contribution in [3.63, 3.8) is 0 Å². The fraction of sp³-hybridized carbons (Fsp3) is 0.533. The van der Waals surface area contributed by atoms with Crippen molar-refractivity contribution in [2.24, 2.45) is 5.41 Å². The number of halogens is 2. The first kappa shape index (κ1) is 30.7. The van der Waals surface area contributed by atoms with Crippen LogP contribution < -0.4 is 15.4 Å². The van der Waals surface area contributed by atoms with Crippen molar-refractivity contribution >= 4 is 12.0 Å². The summed E-state index contributed by atoms with van der Waals surface area (Å²) in [7, 11) is 1.50. The molecule has 0 bridgehead atoms. The number of amides is 2. The Morgan fingerprint density at radius 3 is 2.54 bits per heavy atom. The molecule has 6 atom stereocenters. The van der Waals surface area contributed by atoms with Gasteiger partial charge in [-0.1, -0.05) is 51.1 Å². The Bertz CT molecular complexity index is 1210. The van der Waals surface area contributed by atoms with Crippen molar-refractivity contribution < 1.29 is 33.0 Å². The average molecular weight is 575 g/mol. The number of likely N-dealkylation sites (N-methyl/N-ethyl adjacent to an activating group) is 1. The number of likely N-dealkylation sites (tertiary alicyclic amines) is 1. The molecule has 2 saturated heterocycles. The Labute approximate surface area is 239 Å². The van der Waals surface area contributed by atoms with Gasteiger partial charge >= 0.3 is 6.09 Å². The molecule has 2 aromatic rings. The number of nitrogens with zero attached hydrogens (tertiary/aromatic N) is 2. The molecular formula is C30H40F2N4O5. The summed E-state index contributed by atoms with van der Waals surface area (Å²) in [6, 6.07) is 10.9. The SMILES string of the molecule is CC(C(=O)NC(C(O)N1CCC2NCC(Oc3ccc(F)c(F)c3)C21)C(C)(C)C)N(C)C(=O)OCc1ccccc1. The smallest absolute Gasteiger partial charge is 0.410 e. The summed E-state index contributed by atoms with van der Waals surface area (Å²) in [4.78, 5) is 29.1. The first-order valence-corrected chi connectivity index (χ1v) is 13.9. The maximum Gasteiger partial charge on any atom is 0.410 e. The fourth-order valence-corrected chi connectivity index (χ4v) is 5.43. The molecular weight excluding hydrogens is 534 g/mol. The maximum absolute atomic E-state index is 13.8. The number of carbonyl (C=O) groups is 2. The molecule has 0 radical (unpaired) electrons. The van der Waals surface area contributed by atoms with Crippen LogP contribution >= 0.6 is 0 Å². The van der Waals surface area contributed by atoms with E-state index in [0.29, 0.717) is 13.1 Å². The molecule has 9 nitrogen and oxygen atoms in total. The third-order valence-electron chi connectivity index (χ3n) is 7.96. The van der Waals surface area contributed by atoms with Gasteiger partial charge in [-0.25, -0.2) is 13.6 Å². The topological polar surface area (TPSA) is 103 Å². The zero-order valence-electron chi connectivity index (χ0n) is 24.1. The number of carbonyl (C=O) groups excluding carboxylic acids is 2. The lowest BCUT2D eigenvalue weighted by molar-refractivity contribution is -0.131. The number of rotatable bonds is 9. The molecule has 0 saturated carbocycles. The minimum atomic E-state index is -1.08. The van der Waals surface area contributed by atoms with Crippen LogP contribution in [0.25, 0.3) is 0 Å². The molecule has 2 amide bonds. The molecule has 224 valence electrons. The number of aliphatic hydroxyl groups is 1. The first-order valence-electron chi connectivity index (χ1n) is 13.9. The Kier molecular flexibility index (Phi) is 9.51. The maximum atomic E-state index is 13.8. The number of fused-ring (bicyclic) bond motifs is 1. The molecule has 2 aliphatic heterocycles. The van der Waals surface area contributed by atoms with Crippen LogP contribution in [0.4, 0.5) is 13.6 Å². The van der Waals surface area contributed by atoms with Gasteiger partial charge in [0.05, 0.1) is 12.1 Å². The molecule has 0 spiro atoms. The summed E-state index contributed by atoms with van der Waals surface area (Å²) in [5, 5.41) is 18.0. The van der Waals surface area contributed by atoms with Crippen molar-refractivity contribution in [3.8, 4) is 5.75 Å². The Morgan fingerprint density at radius 1 is 1.17 bits per heavy atom. The van der Waals surface area contributed by atoms with Crippen molar-refractivity contribution in [1.29, 1.82) is 0 Å². The first-order chi connectivity index (χ1) is 19.4. The Balaban J connectivity index is 1.42. The summed E-state index contributed by atoms with van der Waals surface area (Å²) in [6.45, 7) is 8.45. The fourth-order valence-electron chi connectivity index (χ4n) is 5.43. The molecule has 11 heteroatoms. The molecule has 2 aromatic carbocycles. The predicted molar refractivity (Wildman–Crippen MR) is 149 cm³/mol. The highest BCUT2D eigenvalue weighted by atomic mass is 19.2. The van der Waals surface area contributed by atoms with Gasteiger partial charge in [-0.05, 0) is 36.5 Å². The van der Waals surface area contributed by atoms with E-state index in [1.807, 2.05) is 56.0 Å². The molecule has 6 unspecified atom stereocenters. The van der Waals surface area contributed by atoms with E-state index in [4.69, 9.17) is 9.47 Å². The van der Waals surface area contributed by atoms with E-state index in [9.17, 15) is 23.5 Å². The third-order valence-corrected chi connectivity index (χ3v) is 7.96. The number of hydrogen-bond acceptors (Lipinski definition) is 7. The molecule has 4 rings (SSSR count). The van der Waals surface area contributed by atoms with E-state index in [1.54, 1.807) is 6.92 Å².